The molecule has 2 aliphatic rings. The van der Waals surface area contributed by atoms with Crippen LogP contribution in [0.1, 0.15) is 110 Å². The molecule has 9 aromatic rings. The van der Waals surface area contributed by atoms with Crippen molar-refractivity contribution in [3.05, 3.63) is 151 Å². The zero-order valence-electron chi connectivity index (χ0n) is 49.2. The summed E-state index contributed by atoms with van der Waals surface area (Å²) in [5, 5.41) is 31.6. The number of nitrogens with zero attached hydrogens (tertiary/aromatic N) is 8. The Morgan fingerprint density at radius 3 is 1.35 bits per heavy atom. The molecular formula is C64H82AcBN14O5-. The third-order valence-electron chi connectivity index (χ3n) is 15.1. The van der Waals surface area contributed by atoms with Gasteiger partial charge in [-0.2, -0.15) is 19.9 Å². The van der Waals surface area contributed by atoms with Crippen molar-refractivity contribution in [1.29, 1.82) is 0 Å². The summed E-state index contributed by atoms with van der Waals surface area (Å²) >= 11 is 0. The number of benzene rings is 5. The number of nitrogens with two attached hydrogens (primary N) is 1. The largest absolute Gasteiger partial charge is 0.675 e. The van der Waals surface area contributed by atoms with Crippen LogP contribution in [0.25, 0.3) is 50.3 Å². The zero-order chi connectivity index (χ0) is 58.4. The van der Waals surface area contributed by atoms with Crippen molar-refractivity contribution in [2.75, 3.05) is 42.6 Å². The first-order chi connectivity index (χ1) is 40.2. The van der Waals surface area contributed by atoms with E-state index in [4.69, 9.17) is 55.7 Å². The first-order valence-corrected chi connectivity index (χ1v) is 28.7. The SMILES string of the molecule is C.COc1cccc(-c2ccc(CNc3nc(NC4CCC(N)CC4)nc4c3ncn4C(C)C)cc2)c1.COc1cccc(-c2ccc(CNc3nc(NC4CCC([NH-])CC4)nc4c3ncn4C(C)C)cc2)c1.COc1cccc(B(O)O)c1.[Ac]. The van der Waals surface area contributed by atoms with Gasteiger partial charge in [0.1, 0.15) is 17.2 Å². The van der Waals surface area contributed by atoms with Gasteiger partial charge in [-0.25, -0.2) is 9.97 Å². The number of nitrogens with one attached hydrogen (secondary N) is 5. The van der Waals surface area contributed by atoms with Crippen molar-refractivity contribution >= 4 is 58.4 Å². The molecular weight excluding hydrogens is 1280 g/mol. The third kappa shape index (κ3) is 17.6. The molecule has 445 valence electrons. The molecule has 2 saturated carbocycles. The van der Waals surface area contributed by atoms with Gasteiger partial charge in [-0.1, -0.05) is 105 Å². The maximum atomic E-state index is 8.74. The van der Waals surface area contributed by atoms with Crippen LogP contribution in [0.5, 0.6) is 17.2 Å². The Morgan fingerprint density at radius 2 is 0.953 bits per heavy atom. The molecule has 0 spiro atoms. The maximum Gasteiger partial charge on any atom is 0.488 e. The number of aromatic nitrogens is 8. The molecule has 0 bridgehead atoms. The summed E-state index contributed by atoms with van der Waals surface area (Å²) in [7, 11) is 3.48. The summed E-state index contributed by atoms with van der Waals surface area (Å²) < 4.78 is 19.8. The molecule has 19 nitrogen and oxygen atoms in total. The summed E-state index contributed by atoms with van der Waals surface area (Å²) in [6, 6.07) is 41.4. The molecule has 0 unspecified atom stereocenters. The van der Waals surface area contributed by atoms with E-state index in [2.05, 4.69) is 129 Å². The van der Waals surface area contributed by atoms with Crippen LogP contribution in [0.15, 0.2) is 134 Å². The molecule has 2 fully saturated rings. The maximum absolute atomic E-state index is 8.74. The number of ether oxygens (including phenoxy) is 3. The Labute approximate surface area is 536 Å². The second-order valence-electron chi connectivity index (χ2n) is 21.8. The van der Waals surface area contributed by atoms with Gasteiger partial charge < -0.3 is 66.1 Å². The zero-order valence-corrected chi connectivity index (χ0v) is 53.9. The van der Waals surface area contributed by atoms with Gasteiger partial charge in [0.2, 0.25) is 11.9 Å². The fraction of sp³-hybridized carbons (Fsp3) is 0.375. The topological polar surface area (TPSA) is 253 Å². The molecule has 2 aliphatic carbocycles. The van der Waals surface area contributed by atoms with Gasteiger partial charge in [0.15, 0.2) is 34.0 Å². The summed E-state index contributed by atoms with van der Waals surface area (Å²) in [6.45, 7) is 9.79. The summed E-state index contributed by atoms with van der Waals surface area (Å²) in [4.78, 5) is 28.6. The van der Waals surface area contributed by atoms with Crippen molar-refractivity contribution in [3.63, 3.8) is 0 Å². The van der Waals surface area contributed by atoms with Crippen molar-refractivity contribution in [3.8, 4) is 39.5 Å². The summed E-state index contributed by atoms with van der Waals surface area (Å²) in [5.74, 6) is 5.06. The van der Waals surface area contributed by atoms with Crippen molar-refractivity contribution < 1.29 is 68.3 Å². The monoisotopic (exact) mass is 1360 g/mol. The minimum Gasteiger partial charge on any atom is -0.675 e. The predicted molar refractivity (Wildman–Crippen MR) is 340 cm³/mol. The van der Waals surface area contributed by atoms with Crippen molar-refractivity contribution in [2.24, 2.45) is 5.73 Å². The van der Waals surface area contributed by atoms with E-state index in [0.717, 1.165) is 130 Å². The first kappa shape index (κ1) is 65.7. The molecule has 85 heavy (non-hydrogen) atoms. The second-order valence-corrected chi connectivity index (χ2v) is 21.8. The Bertz CT molecular complexity index is 3310. The molecule has 4 heterocycles. The molecule has 9 N–H and O–H groups in total. The average Bonchev–Trinajstić information content (AvgIpc) is 2.49. The molecule has 1 radical (unpaired) electrons. The van der Waals surface area contributed by atoms with Gasteiger partial charge in [-0.05, 0) is 141 Å². The standard InChI is InChI=1S/C28H35N7O.C28H34N7O.C7H9BO3.CH4.Ac/c2*1-18(2)35-17-31-25-26(33-28(34-27(25)35)32-23-13-11-22(29)12-14-23)30-16-19-7-9-20(10-8-19)21-5-4-6-24(15-21)36-3;1-11-7-4-2-3-6(5-7)8(9)10;;/h4-10,15,17-18,22-23H,11-14,16,29H2,1-3H3,(H2,30,32,33,34);4-10,15,17-18,22-23,29H,11-14,16H2,1-3H3,(H2,30,32,33,34);2-5,9-10H,1H3;1H4;/q;-1;;;. The molecule has 0 saturated heterocycles. The van der Waals surface area contributed by atoms with E-state index in [1.54, 1.807) is 38.5 Å². The number of imidazole rings is 2. The molecule has 0 amide bonds. The number of methoxy groups -OCH3 is 3. The fourth-order valence-corrected chi connectivity index (χ4v) is 10.2. The molecule has 11 rings (SSSR count). The van der Waals surface area contributed by atoms with Gasteiger partial charge >= 0.3 is 7.12 Å². The molecule has 21 heteroatoms. The quantitative estimate of drug-likeness (QED) is 0.0394. The van der Waals surface area contributed by atoms with Gasteiger partial charge in [0, 0.05) is 87.4 Å². The normalized spacial score (nSPS) is 16.4. The second kappa shape index (κ2) is 31.5. The summed E-state index contributed by atoms with van der Waals surface area (Å²) in [5.41, 5.74) is 24.6. The van der Waals surface area contributed by atoms with E-state index in [9.17, 15) is 0 Å². The van der Waals surface area contributed by atoms with Gasteiger partial charge in [0.05, 0.1) is 34.0 Å². The van der Waals surface area contributed by atoms with E-state index in [1.165, 1.54) is 7.11 Å². The van der Waals surface area contributed by atoms with Crippen LogP contribution in [0, 0.1) is 44.1 Å². The van der Waals surface area contributed by atoms with Crippen LogP contribution >= 0.6 is 0 Å². The van der Waals surface area contributed by atoms with E-state index in [1.807, 2.05) is 49.1 Å². The fourth-order valence-electron chi connectivity index (χ4n) is 10.2. The number of hydrogen-bond acceptors (Lipinski definition) is 16. The summed E-state index contributed by atoms with van der Waals surface area (Å²) in [6.07, 6.45) is 11.6. The van der Waals surface area contributed by atoms with Crippen LogP contribution < -0.4 is 46.7 Å². The molecule has 4 aromatic heterocycles. The van der Waals surface area contributed by atoms with Gasteiger partial charge in [-0.15, -0.1) is 6.04 Å². The Kier molecular flexibility index (Phi) is 24.4. The Balaban J connectivity index is 0.000000203. The van der Waals surface area contributed by atoms with Crippen LogP contribution in [-0.4, -0.2) is 102 Å². The predicted octanol–water partition coefficient (Wildman–Crippen LogP) is 11.9. The third-order valence-corrected chi connectivity index (χ3v) is 15.1. The van der Waals surface area contributed by atoms with Gasteiger partial charge in [0.25, 0.3) is 0 Å². The molecule has 0 atom stereocenters. The van der Waals surface area contributed by atoms with Crippen LogP contribution in [0.3, 0.4) is 0 Å². The Morgan fingerprint density at radius 1 is 0.553 bits per heavy atom. The van der Waals surface area contributed by atoms with Gasteiger partial charge in [-0.3, -0.25) is 0 Å². The van der Waals surface area contributed by atoms with Crippen molar-refractivity contribution in [2.45, 2.75) is 136 Å². The van der Waals surface area contributed by atoms with Crippen LogP contribution in [-0.2, 0) is 13.1 Å². The number of hydrogen-bond donors (Lipinski definition) is 7. The number of anilines is 4. The smallest absolute Gasteiger partial charge is 0.488 e. The van der Waals surface area contributed by atoms with E-state index in [0.29, 0.717) is 54.3 Å². The average molecular weight is 1370 g/mol. The number of fused-ring (bicyclic) bond motifs is 2. The van der Waals surface area contributed by atoms with Crippen LogP contribution in [0.2, 0.25) is 0 Å². The first-order valence-electron chi connectivity index (χ1n) is 28.7. The number of rotatable bonds is 18. The molecule has 5 aromatic carbocycles. The van der Waals surface area contributed by atoms with Crippen LogP contribution in [0.4, 0.5) is 23.5 Å². The van der Waals surface area contributed by atoms with E-state index in [-0.39, 0.29) is 69.6 Å². The minimum absolute atomic E-state index is 0. The van der Waals surface area contributed by atoms with Crippen molar-refractivity contribution in [1.82, 2.24) is 39.0 Å². The minimum atomic E-state index is -1.43. The molecule has 0 aliphatic heterocycles. The Hall–Kier alpha value is -6.85. The van der Waals surface area contributed by atoms with E-state index >= 15 is 0 Å². The van der Waals surface area contributed by atoms with E-state index < -0.39 is 7.12 Å².